The number of rotatable bonds is 7. The minimum absolute atomic E-state index is 0.00534. The molecule has 0 spiro atoms. The molecule has 2 amide bonds. The Hall–Kier alpha value is -3.17. The summed E-state index contributed by atoms with van der Waals surface area (Å²) in [7, 11) is -2.32. The van der Waals surface area contributed by atoms with Gasteiger partial charge in [0.2, 0.25) is 21.8 Å². The number of nitrogens with one attached hydrogen (secondary N) is 2. The Morgan fingerprint density at radius 2 is 1.68 bits per heavy atom. The summed E-state index contributed by atoms with van der Waals surface area (Å²) in [6.45, 7) is 4.67. The first kappa shape index (κ1) is 22.5. The smallest absolute Gasteiger partial charge is 0.241 e. The van der Waals surface area contributed by atoms with Crippen molar-refractivity contribution in [2.24, 2.45) is 0 Å². The van der Waals surface area contributed by atoms with E-state index in [9.17, 15) is 18.0 Å². The fourth-order valence-electron chi connectivity index (χ4n) is 3.17. The van der Waals surface area contributed by atoms with Crippen LogP contribution in [0.1, 0.15) is 32.6 Å². The predicted molar refractivity (Wildman–Crippen MR) is 118 cm³/mol. The molecule has 2 atom stereocenters. The highest BCUT2D eigenvalue weighted by atomic mass is 32.2. The van der Waals surface area contributed by atoms with Crippen LogP contribution in [0.2, 0.25) is 0 Å². The highest BCUT2D eigenvalue weighted by Gasteiger charge is 2.28. The SMILES string of the molecule is CC(=O)Nc1ccc(S(=O)(=O)N[C@@H](C)C(=O)N(C)C(C)c2cc3ccccc3o2)cc1. The minimum atomic E-state index is -3.93. The average molecular weight is 444 g/mol. The number of para-hydroxylation sites is 1. The number of amides is 2. The lowest BCUT2D eigenvalue weighted by Gasteiger charge is -2.26. The lowest BCUT2D eigenvalue weighted by atomic mass is 10.2. The van der Waals surface area contributed by atoms with E-state index >= 15 is 0 Å². The molecule has 31 heavy (non-hydrogen) atoms. The number of sulfonamides is 1. The zero-order valence-electron chi connectivity index (χ0n) is 17.7. The molecule has 0 radical (unpaired) electrons. The molecule has 0 aliphatic rings. The van der Waals surface area contributed by atoms with Crippen LogP contribution in [-0.2, 0) is 19.6 Å². The molecule has 0 bridgehead atoms. The number of benzene rings is 2. The van der Waals surface area contributed by atoms with Gasteiger partial charge in [-0.05, 0) is 50.2 Å². The zero-order chi connectivity index (χ0) is 22.8. The Morgan fingerprint density at radius 1 is 1.03 bits per heavy atom. The molecule has 2 aromatic carbocycles. The second-order valence-corrected chi connectivity index (χ2v) is 9.07. The maximum Gasteiger partial charge on any atom is 0.241 e. The first-order valence-electron chi connectivity index (χ1n) is 9.73. The Morgan fingerprint density at radius 3 is 2.29 bits per heavy atom. The fraction of sp³-hybridized carbons (Fsp3) is 0.273. The van der Waals surface area contributed by atoms with Crippen molar-refractivity contribution in [3.63, 3.8) is 0 Å². The van der Waals surface area contributed by atoms with Crippen molar-refractivity contribution in [1.29, 1.82) is 0 Å². The summed E-state index contributed by atoms with van der Waals surface area (Å²) in [6.07, 6.45) is 0. The van der Waals surface area contributed by atoms with Gasteiger partial charge in [-0.2, -0.15) is 4.72 Å². The highest BCUT2D eigenvalue weighted by Crippen LogP contribution is 2.27. The summed E-state index contributed by atoms with van der Waals surface area (Å²) in [5.74, 6) is -0.0402. The molecule has 1 aromatic heterocycles. The van der Waals surface area contributed by atoms with Gasteiger partial charge in [-0.15, -0.1) is 0 Å². The van der Waals surface area contributed by atoms with Crippen LogP contribution in [-0.4, -0.2) is 38.2 Å². The van der Waals surface area contributed by atoms with Gasteiger partial charge in [-0.3, -0.25) is 9.59 Å². The molecule has 0 aliphatic heterocycles. The van der Waals surface area contributed by atoms with E-state index in [-0.39, 0.29) is 16.8 Å². The number of likely N-dealkylation sites (N-methyl/N-ethyl adjacent to an activating group) is 1. The average Bonchev–Trinajstić information content (AvgIpc) is 3.16. The molecule has 8 nitrogen and oxygen atoms in total. The monoisotopic (exact) mass is 443 g/mol. The first-order valence-corrected chi connectivity index (χ1v) is 11.2. The van der Waals surface area contributed by atoms with Crippen molar-refractivity contribution in [3.8, 4) is 0 Å². The normalized spacial score (nSPS) is 13.5. The number of carbonyl (C=O) groups excluding carboxylic acids is 2. The first-order chi connectivity index (χ1) is 14.6. The van der Waals surface area contributed by atoms with Gasteiger partial charge < -0.3 is 14.6 Å². The number of fused-ring (bicyclic) bond motifs is 1. The third kappa shape index (κ3) is 5.12. The standard InChI is InChI=1S/C22H25N3O5S/c1-14(24-31(28,29)19-11-9-18(10-12-19)23-16(3)26)22(27)25(4)15(2)21-13-17-7-5-6-8-20(17)30-21/h5-15,24H,1-4H3,(H,23,26)/t14-,15?/m0/s1. The van der Waals surface area contributed by atoms with Gasteiger partial charge in [0, 0.05) is 25.0 Å². The van der Waals surface area contributed by atoms with E-state index in [1.165, 1.54) is 43.0 Å². The lowest BCUT2D eigenvalue weighted by Crippen LogP contribution is -2.46. The molecule has 1 heterocycles. The van der Waals surface area contributed by atoms with Crippen LogP contribution in [0.4, 0.5) is 5.69 Å². The third-order valence-electron chi connectivity index (χ3n) is 4.97. The molecule has 0 saturated carbocycles. The Kier molecular flexibility index (Phi) is 6.47. The molecule has 0 fully saturated rings. The van der Waals surface area contributed by atoms with E-state index in [4.69, 9.17) is 4.42 Å². The second-order valence-electron chi connectivity index (χ2n) is 7.36. The number of furan rings is 1. The predicted octanol–water partition coefficient (Wildman–Crippen LogP) is 3.28. The zero-order valence-corrected chi connectivity index (χ0v) is 18.6. The minimum Gasteiger partial charge on any atom is -0.459 e. The van der Waals surface area contributed by atoms with Crippen molar-refractivity contribution in [1.82, 2.24) is 9.62 Å². The summed E-state index contributed by atoms with van der Waals surface area (Å²) in [5, 5.41) is 3.50. The number of hydrogen-bond donors (Lipinski definition) is 2. The number of carbonyl (C=O) groups is 2. The van der Waals surface area contributed by atoms with Crippen LogP contribution >= 0.6 is 0 Å². The van der Waals surface area contributed by atoms with Gasteiger partial charge in [0.15, 0.2) is 0 Å². The largest absolute Gasteiger partial charge is 0.459 e. The molecule has 1 unspecified atom stereocenters. The number of nitrogens with zero attached hydrogens (tertiary/aromatic N) is 1. The molecular weight excluding hydrogens is 418 g/mol. The van der Waals surface area contributed by atoms with E-state index in [1.54, 1.807) is 7.05 Å². The van der Waals surface area contributed by atoms with Crippen molar-refractivity contribution in [3.05, 3.63) is 60.4 Å². The van der Waals surface area contributed by atoms with Gasteiger partial charge in [0.1, 0.15) is 11.3 Å². The summed E-state index contributed by atoms with van der Waals surface area (Å²) in [5.41, 5.74) is 1.21. The Bertz CT molecular complexity index is 1170. The summed E-state index contributed by atoms with van der Waals surface area (Å²) < 4.78 is 33.6. The fourth-order valence-corrected chi connectivity index (χ4v) is 4.36. The van der Waals surface area contributed by atoms with Gasteiger partial charge >= 0.3 is 0 Å². The van der Waals surface area contributed by atoms with E-state index in [0.717, 1.165) is 11.0 Å². The van der Waals surface area contributed by atoms with Crippen LogP contribution in [0.5, 0.6) is 0 Å². The molecule has 3 aromatic rings. The van der Waals surface area contributed by atoms with Crippen LogP contribution in [0.3, 0.4) is 0 Å². The van der Waals surface area contributed by atoms with Crippen LogP contribution < -0.4 is 10.0 Å². The van der Waals surface area contributed by atoms with Gasteiger partial charge in [0.05, 0.1) is 17.0 Å². The van der Waals surface area contributed by atoms with Gasteiger partial charge in [0.25, 0.3) is 0 Å². The molecule has 2 N–H and O–H groups in total. The number of anilines is 1. The van der Waals surface area contributed by atoms with E-state index in [1.807, 2.05) is 37.3 Å². The molecular formula is C22H25N3O5S. The van der Waals surface area contributed by atoms with E-state index in [0.29, 0.717) is 11.4 Å². The lowest BCUT2D eigenvalue weighted by molar-refractivity contribution is -0.133. The van der Waals surface area contributed by atoms with Crippen LogP contribution in [0, 0.1) is 0 Å². The van der Waals surface area contributed by atoms with E-state index in [2.05, 4.69) is 10.0 Å². The molecule has 0 saturated heterocycles. The maximum absolute atomic E-state index is 12.9. The molecule has 9 heteroatoms. The van der Waals surface area contributed by atoms with Crippen molar-refractivity contribution < 1.29 is 22.4 Å². The van der Waals surface area contributed by atoms with Crippen molar-refractivity contribution in [2.75, 3.05) is 12.4 Å². The third-order valence-corrected chi connectivity index (χ3v) is 6.53. The molecule has 164 valence electrons. The van der Waals surface area contributed by atoms with Gasteiger partial charge in [-0.25, -0.2) is 8.42 Å². The Labute approximate surface area is 181 Å². The van der Waals surface area contributed by atoms with Crippen LogP contribution in [0.15, 0.2) is 63.9 Å². The Balaban J connectivity index is 1.70. The molecule has 0 aliphatic carbocycles. The van der Waals surface area contributed by atoms with Crippen molar-refractivity contribution >= 4 is 38.5 Å². The van der Waals surface area contributed by atoms with Crippen LogP contribution in [0.25, 0.3) is 11.0 Å². The molecule has 3 rings (SSSR count). The highest BCUT2D eigenvalue weighted by molar-refractivity contribution is 7.89. The van der Waals surface area contributed by atoms with Gasteiger partial charge in [-0.1, -0.05) is 18.2 Å². The van der Waals surface area contributed by atoms with Crippen molar-refractivity contribution in [2.45, 2.75) is 37.8 Å². The summed E-state index contributed by atoms with van der Waals surface area (Å²) in [4.78, 5) is 25.4. The number of hydrogen-bond acceptors (Lipinski definition) is 5. The summed E-state index contributed by atoms with van der Waals surface area (Å²) in [6, 6.07) is 13.7. The topological polar surface area (TPSA) is 109 Å². The summed E-state index contributed by atoms with van der Waals surface area (Å²) >= 11 is 0. The quantitative estimate of drug-likeness (QED) is 0.583. The maximum atomic E-state index is 12.9. The second kappa shape index (κ2) is 8.91. The van der Waals surface area contributed by atoms with E-state index < -0.39 is 22.0 Å².